The maximum absolute atomic E-state index is 12.4. The van der Waals surface area contributed by atoms with Gasteiger partial charge < -0.3 is 24.3 Å². The van der Waals surface area contributed by atoms with Crippen molar-refractivity contribution in [3.05, 3.63) is 52.8 Å². The largest absolute Gasteiger partial charge is 0.468 e. The molecule has 0 fully saturated rings. The van der Waals surface area contributed by atoms with Gasteiger partial charge in [-0.3, -0.25) is 9.59 Å². The average molecular weight is 424 g/mol. The molecule has 29 heavy (non-hydrogen) atoms. The van der Waals surface area contributed by atoms with E-state index in [2.05, 4.69) is 15.3 Å². The zero-order chi connectivity index (χ0) is 21.4. The molecule has 156 valence electrons. The molecule has 0 radical (unpaired) electrons. The van der Waals surface area contributed by atoms with Crippen molar-refractivity contribution in [1.82, 2.24) is 9.97 Å². The molecular formula is C19H22ClN3O6. The number of benzene rings is 1. The fourth-order valence-corrected chi connectivity index (χ4v) is 2.83. The molecule has 0 aliphatic carbocycles. The first-order valence-corrected chi connectivity index (χ1v) is 8.89. The molecule has 0 aliphatic rings. The van der Waals surface area contributed by atoms with E-state index in [0.29, 0.717) is 16.3 Å². The number of esters is 2. The normalized spacial score (nSPS) is 12.0. The molecule has 1 N–H and O–H groups in total. The minimum absolute atomic E-state index is 0.152. The Balaban J connectivity index is 2.47. The van der Waals surface area contributed by atoms with E-state index in [4.69, 9.17) is 30.5 Å². The van der Waals surface area contributed by atoms with Gasteiger partial charge in [-0.05, 0) is 23.8 Å². The van der Waals surface area contributed by atoms with Crippen LogP contribution in [0, 0.1) is 5.92 Å². The predicted molar refractivity (Wildman–Crippen MR) is 104 cm³/mol. The number of carbonyl (C=O) groups is 2. The summed E-state index contributed by atoms with van der Waals surface area (Å²) in [6.07, 6.45) is 0.796. The maximum Gasteiger partial charge on any atom is 0.322 e. The second kappa shape index (κ2) is 10.7. The topological polar surface area (TPSA) is 109 Å². The molecular weight excluding hydrogens is 402 g/mol. The van der Waals surface area contributed by atoms with Gasteiger partial charge in [0.05, 0.1) is 20.3 Å². The van der Waals surface area contributed by atoms with Crippen LogP contribution in [0.5, 0.6) is 0 Å². The molecule has 9 nitrogen and oxygen atoms in total. The van der Waals surface area contributed by atoms with Crippen molar-refractivity contribution in [2.75, 3.05) is 33.8 Å². The van der Waals surface area contributed by atoms with E-state index < -0.39 is 30.2 Å². The van der Waals surface area contributed by atoms with E-state index in [1.165, 1.54) is 34.6 Å². The van der Waals surface area contributed by atoms with E-state index in [1.54, 1.807) is 30.3 Å². The summed E-state index contributed by atoms with van der Waals surface area (Å²) in [5.74, 6) is -2.70. The number of nitrogens with one attached hydrogen (secondary N) is 1. The fraction of sp³-hybridized carbons (Fsp3) is 0.368. The minimum atomic E-state index is -1.31. The number of carbonyl (C=O) groups excluding carboxylic acids is 2. The molecule has 0 aliphatic heterocycles. The zero-order valence-corrected chi connectivity index (χ0v) is 17.2. The van der Waals surface area contributed by atoms with Crippen LogP contribution in [0.3, 0.4) is 0 Å². The third kappa shape index (κ3) is 5.63. The van der Waals surface area contributed by atoms with Crippen molar-refractivity contribution in [2.24, 2.45) is 5.92 Å². The first kappa shape index (κ1) is 22.5. The van der Waals surface area contributed by atoms with Crippen LogP contribution in [-0.2, 0) is 28.5 Å². The van der Waals surface area contributed by atoms with E-state index in [-0.39, 0.29) is 5.95 Å². The highest BCUT2D eigenvalue weighted by atomic mass is 35.5. The van der Waals surface area contributed by atoms with E-state index in [1.807, 2.05) is 0 Å². The summed E-state index contributed by atoms with van der Waals surface area (Å²) in [5.41, 5.74) is 1.04. The van der Waals surface area contributed by atoms with Gasteiger partial charge in [-0.15, -0.1) is 0 Å². The van der Waals surface area contributed by atoms with Crippen LogP contribution in [0.15, 0.2) is 36.5 Å². The highest BCUT2D eigenvalue weighted by Gasteiger charge is 2.38. The number of hydrogen-bond acceptors (Lipinski definition) is 9. The Hall–Kier alpha value is -2.75. The van der Waals surface area contributed by atoms with Gasteiger partial charge in [0.1, 0.15) is 5.69 Å². The van der Waals surface area contributed by atoms with Crippen LogP contribution >= 0.6 is 11.6 Å². The summed E-state index contributed by atoms with van der Waals surface area (Å²) >= 11 is 5.97. The summed E-state index contributed by atoms with van der Waals surface area (Å²) in [4.78, 5) is 33.3. The van der Waals surface area contributed by atoms with Gasteiger partial charge in [-0.2, -0.15) is 0 Å². The first-order valence-electron chi connectivity index (χ1n) is 8.51. The molecule has 0 saturated heterocycles. The number of halogens is 1. The third-order valence-corrected chi connectivity index (χ3v) is 4.36. The highest BCUT2D eigenvalue weighted by Crippen LogP contribution is 2.29. The predicted octanol–water partition coefficient (Wildman–Crippen LogP) is 2.54. The van der Waals surface area contributed by atoms with Gasteiger partial charge in [0.25, 0.3) is 0 Å². The van der Waals surface area contributed by atoms with E-state index in [0.717, 1.165) is 0 Å². The number of anilines is 1. The van der Waals surface area contributed by atoms with E-state index in [9.17, 15) is 9.59 Å². The number of aromatic nitrogens is 2. The Morgan fingerprint density at radius 3 is 2.07 bits per heavy atom. The zero-order valence-electron chi connectivity index (χ0n) is 16.4. The minimum Gasteiger partial charge on any atom is -0.468 e. The van der Waals surface area contributed by atoms with Gasteiger partial charge >= 0.3 is 11.9 Å². The highest BCUT2D eigenvalue weighted by molar-refractivity contribution is 6.30. The van der Waals surface area contributed by atoms with Gasteiger partial charge in [0, 0.05) is 25.4 Å². The Morgan fingerprint density at radius 1 is 0.966 bits per heavy atom. The second-order valence-electron chi connectivity index (χ2n) is 5.81. The molecule has 2 aromatic rings. The summed E-state index contributed by atoms with van der Waals surface area (Å²) < 4.78 is 20.0. The Bertz CT molecular complexity index is 813. The van der Waals surface area contributed by atoms with Gasteiger partial charge in [-0.1, -0.05) is 23.7 Å². The van der Waals surface area contributed by atoms with Crippen molar-refractivity contribution >= 4 is 29.5 Å². The number of methoxy groups -OCH3 is 4. The first-order chi connectivity index (χ1) is 13.9. The molecule has 1 aromatic carbocycles. The van der Waals surface area contributed by atoms with Crippen LogP contribution in [0.2, 0.25) is 5.02 Å². The monoisotopic (exact) mass is 423 g/mol. The molecule has 0 unspecified atom stereocenters. The van der Waals surface area contributed by atoms with Crippen molar-refractivity contribution in [2.45, 2.75) is 12.3 Å². The summed E-state index contributed by atoms with van der Waals surface area (Å²) in [7, 11) is 5.33. The standard InChI is InChI=1S/C19H22ClN3O6/c1-26-16(24)14(17(25)27-2)15(11-5-7-12(20)8-6-11)23-19-21-10-9-13(22-19)18(28-3)29-4/h5-10,14-15,18H,1-4H3,(H,21,22,23)/t15-/m1/s1. The van der Waals surface area contributed by atoms with Crippen LogP contribution < -0.4 is 5.32 Å². The smallest absolute Gasteiger partial charge is 0.322 e. The lowest BCUT2D eigenvalue weighted by Gasteiger charge is -2.25. The van der Waals surface area contributed by atoms with Crippen LogP contribution in [0.4, 0.5) is 5.95 Å². The fourth-order valence-electron chi connectivity index (χ4n) is 2.70. The maximum atomic E-state index is 12.4. The lowest BCUT2D eigenvalue weighted by molar-refractivity contribution is -0.159. The van der Waals surface area contributed by atoms with Crippen LogP contribution in [-0.4, -0.2) is 50.3 Å². The van der Waals surface area contributed by atoms with Gasteiger partial charge in [-0.25, -0.2) is 9.97 Å². The molecule has 1 aromatic heterocycles. The molecule has 1 heterocycles. The number of hydrogen-bond donors (Lipinski definition) is 1. The third-order valence-electron chi connectivity index (χ3n) is 4.10. The molecule has 0 bridgehead atoms. The lowest BCUT2D eigenvalue weighted by atomic mass is 9.93. The van der Waals surface area contributed by atoms with E-state index >= 15 is 0 Å². The Kier molecular flexibility index (Phi) is 8.32. The quantitative estimate of drug-likeness (QED) is 0.369. The molecule has 0 amide bonds. The number of ether oxygens (including phenoxy) is 4. The van der Waals surface area contributed by atoms with Gasteiger partial charge in [0.15, 0.2) is 5.92 Å². The van der Waals surface area contributed by atoms with Gasteiger partial charge in [0.2, 0.25) is 12.2 Å². The van der Waals surface area contributed by atoms with Crippen molar-refractivity contribution < 1.29 is 28.5 Å². The molecule has 1 atom stereocenters. The van der Waals surface area contributed by atoms with Crippen LogP contribution in [0.1, 0.15) is 23.6 Å². The molecule has 0 spiro atoms. The molecule has 2 rings (SSSR count). The average Bonchev–Trinajstić information content (AvgIpc) is 2.74. The number of nitrogens with zero attached hydrogens (tertiary/aromatic N) is 2. The SMILES string of the molecule is COC(=O)C(C(=O)OC)[C@H](Nc1nccc(C(OC)OC)n1)c1ccc(Cl)cc1. The summed E-state index contributed by atoms with van der Waals surface area (Å²) in [5, 5.41) is 3.51. The second-order valence-corrected chi connectivity index (χ2v) is 6.24. The summed E-state index contributed by atoms with van der Waals surface area (Å²) in [6.45, 7) is 0. The molecule has 0 saturated carbocycles. The molecule has 10 heteroatoms. The Labute approximate surface area is 173 Å². The Morgan fingerprint density at radius 2 is 1.55 bits per heavy atom. The number of rotatable bonds is 9. The van der Waals surface area contributed by atoms with Crippen molar-refractivity contribution in [3.63, 3.8) is 0 Å². The lowest BCUT2D eigenvalue weighted by Crippen LogP contribution is -2.36. The van der Waals surface area contributed by atoms with Crippen molar-refractivity contribution in [1.29, 1.82) is 0 Å². The van der Waals surface area contributed by atoms with Crippen LogP contribution in [0.25, 0.3) is 0 Å². The summed E-state index contributed by atoms with van der Waals surface area (Å²) in [6, 6.07) is 7.37. The van der Waals surface area contributed by atoms with Crippen molar-refractivity contribution in [3.8, 4) is 0 Å².